The maximum atomic E-state index is 9.14. The van der Waals surface area contributed by atoms with E-state index in [1.807, 2.05) is 6.92 Å². The monoisotopic (exact) mass is 300 g/mol. The third-order valence-corrected chi connectivity index (χ3v) is 9.22. The summed E-state index contributed by atoms with van der Waals surface area (Å²) in [6.45, 7) is 16.3. The summed E-state index contributed by atoms with van der Waals surface area (Å²) in [6, 6.07) is 0. The van der Waals surface area contributed by atoms with Crippen LogP contribution in [0.4, 0.5) is 0 Å². The minimum Gasteiger partial charge on any atom is -0.413 e. The van der Waals surface area contributed by atoms with Gasteiger partial charge in [0.2, 0.25) is 0 Å². The van der Waals surface area contributed by atoms with Gasteiger partial charge in [-0.25, -0.2) is 0 Å². The van der Waals surface area contributed by atoms with Crippen LogP contribution in [0.3, 0.4) is 0 Å². The zero-order valence-corrected chi connectivity index (χ0v) is 15.2. The molecule has 1 heterocycles. The molecule has 0 unspecified atom stereocenters. The molecule has 0 aromatic heterocycles. The van der Waals surface area contributed by atoms with E-state index in [2.05, 4.69) is 46.9 Å². The van der Waals surface area contributed by atoms with Crippen molar-refractivity contribution in [2.75, 3.05) is 13.2 Å². The Morgan fingerprint density at radius 3 is 2.45 bits per heavy atom. The zero-order valence-electron chi connectivity index (χ0n) is 14.2. The van der Waals surface area contributed by atoms with Crippen LogP contribution < -0.4 is 0 Å². The van der Waals surface area contributed by atoms with E-state index >= 15 is 0 Å². The van der Waals surface area contributed by atoms with Gasteiger partial charge in [0.15, 0.2) is 8.32 Å². The van der Waals surface area contributed by atoms with Crippen LogP contribution in [0.1, 0.15) is 47.5 Å². The predicted octanol–water partition coefficient (Wildman–Crippen LogP) is 3.88. The Morgan fingerprint density at radius 2 is 2.00 bits per heavy atom. The van der Waals surface area contributed by atoms with Gasteiger partial charge in [-0.05, 0) is 44.8 Å². The molecular weight excluding hydrogens is 268 g/mol. The molecular formula is C16H32O3Si. The molecule has 1 aliphatic rings. The van der Waals surface area contributed by atoms with Crippen molar-refractivity contribution < 1.29 is 14.3 Å². The second-order valence-electron chi connectivity index (χ2n) is 7.75. The topological polar surface area (TPSA) is 42.0 Å². The minimum absolute atomic E-state index is 0.120. The molecule has 1 saturated heterocycles. The Labute approximate surface area is 125 Å². The molecule has 0 radical (unpaired) electrons. The Bertz CT molecular complexity index is 357. The van der Waals surface area contributed by atoms with E-state index in [4.69, 9.17) is 14.3 Å². The van der Waals surface area contributed by atoms with Crippen molar-refractivity contribution in [3.63, 3.8) is 0 Å². The maximum absolute atomic E-state index is 9.14. The van der Waals surface area contributed by atoms with Crippen molar-refractivity contribution in [3.8, 4) is 0 Å². The molecule has 0 spiro atoms. The first-order valence-electron chi connectivity index (χ1n) is 7.60. The summed E-state index contributed by atoms with van der Waals surface area (Å²) in [6.07, 6.45) is 4.44. The van der Waals surface area contributed by atoms with Gasteiger partial charge in [0.1, 0.15) is 5.60 Å². The van der Waals surface area contributed by atoms with E-state index in [1.54, 1.807) is 0 Å². The molecule has 0 amide bonds. The van der Waals surface area contributed by atoms with Crippen molar-refractivity contribution in [1.29, 1.82) is 0 Å². The second kappa shape index (κ2) is 6.30. The van der Waals surface area contributed by atoms with Crippen molar-refractivity contribution in [2.45, 2.75) is 77.3 Å². The summed E-state index contributed by atoms with van der Waals surface area (Å²) in [7, 11) is -1.64. The number of epoxide rings is 1. The van der Waals surface area contributed by atoms with Gasteiger partial charge in [-0.2, -0.15) is 0 Å². The van der Waals surface area contributed by atoms with Gasteiger partial charge in [-0.1, -0.05) is 32.4 Å². The van der Waals surface area contributed by atoms with E-state index in [0.29, 0.717) is 0 Å². The van der Waals surface area contributed by atoms with E-state index < -0.39 is 8.32 Å². The minimum atomic E-state index is -1.64. The van der Waals surface area contributed by atoms with Crippen molar-refractivity contribution in [3.05, 3.63) is 11.6 Å². The van der Waals surface area contributed by atoms with Crippen LogP contribution >= 0.6 is 0 Å². The maximum Gasteiger partial charge on any atom is 0.192 e. The van der Waals surface area contributed by atoms with E-state index in [1.165, 1.54) is 5.57 Å². The highest BCUT2D eigenvalue weighted by atomic mass is 28.4. The number of rotatable bonds is 7. The molecule has 0 bridgehead atoms. The molecule has 0 aliphatic carbocycles. The van der Waals surface area contributed by atoms with E-state index in [-0.39, 0.29) is 23.4 Å². The van der Waals surface area contributed by atoms with Gasteiger partial charge in [0, 0.05) is 0 Å². The van der Waals surface area contributed by atoms with Gasteiger partial charge in [0.25, 0.3) is 0 Å². The lowest BCUT2D eigenvalue weighted by molar-refractivity contribution is 0.184. The first-order valence-corrected chi connectivity index (χ1v) is 10.5. The third-order valence-electron chi connectivity index (χ3n) is 4.74. The van der Waals surface area contributed by atoms with Crippen LogP contribution in [0, 0.1) is 0 Å². The summed E-state index contributed by atoms with van der Waals surface area (Å²) < 4.78 is 11.7. The van der Waals surface area contributed by atoms with Gasteiger partial charge < -0.3 is 14.3 Å². The number of hydrogen-bond acceptors (Lipinski definition) is 3. The summed E-state index contributed by atoms with van der Waals surface area (Å²) in [5, 5.41) is 9.40. The van der Waals surface area contributed by atoms with Crippen molar-refractivity contribution in [1.82, 2.24) is 0 Å². The average Bonchev–Trinajstić information content (AvgIpc) is 2.97. The Morgan fingerprint density at radius 1 is 1.40 bits per heavy atom. The number of hydrogen-bond donors (Lipinski definition) is 1. The molecule has 0 aromatic carbocycles. The smallest absolute Gasteiger partial charge is 0.192 e. The Hall–Kier alpha value is -0.163. The van der Waals surface area contributed by atoms with Crippen molar-refractivity contribution >= 4 is 8.32 Å². The summed E-state index contributed by atoms with van der Waals surface area (Å²) in [5.41, 5.74) is 1.01. The third kappa shape index (κ3) is 4.69. The van der Waals surface area contributed by atoms with Crippen LogP contribution in [0.2, 0.25) is 18.1 Å². The number of aliphatic hydroxyl groups excluding tert-OH is 1. The molecule has 2 atom stereocenters. The van der Waals surface area contributed by atoms with Crippen LogP contribution in [0.25, 0.3) is 0 Å². The first-order chi connectivity index (χ1) is 9.02. The molecule has 1 fully saturated rings. The largest absolute Gasteiger partial charge is 0.413 e. The van der Waals surface area contributed by atoms with E-state index in [0.717, 1.165) is 19.4 Å². The lowest BCUT2D eigenvalue weighted by Gasteiger charge is -2.36. The number of aliphatic hydroxyl groups is 1. The van der Waals surface area contributed by atoms with Gasteiger partial charge in [-0.3, -0.25) is 0 Å². The molecule has 1 aliphatic heterocycles. The Kier molecular flexibility index (Phi) is 5.64. The second-order valence-corrected chi connectivity index (χ2v) is 12.6. The summed E-state index contributed by atoms with van der Waals surface area (Å²) >= 11 is 0. The standard InChI is InChI=1S/C16H32O3Si/c1-13(11-18-20(6,7)15(2,3)4)9-8-10-14-16(5,12-17)19-14/h9,14,17H,8,10-12H2,1-7H3/b13-9+/t14-,16-/m1/s1. The predicted molar refractivity (Wildman–Crippen MR) is 86.5 cm³/mol. The fourth-order valence-corrected chi connectivity index (χ4v) is 2.87. The molecule has 0 aromatic rings. The first kappa shape index (κ1) is 17.9. The summed E-state index contributed by atoms with van der Waals surface area (Å²) in [4.78, 5) is 0. The van der Waals surface area contributed by atoms with Crippen LogP contribution in [0.15, 0.2) is 11.6 Å². The van der Waals surface area contributed by atoms with Crippen LogP contribution in [-0.2, 0) is 9.16 Å². The highest BCUT2D eigenvalue weighted by molar-refractivity contribution is 6.74. The van der Waals surface area contributed by atoms with Gasteiger partial charge in [0.05, 0.1) is 19.3 Å². The number of ether oxygens (including phenoxy) is 1. The highest BCUT2D eigenvalue weighted by Gasteiger charge is 2.50. The molecule has 3 nitrogen and oxygen atoms in total. The molecule has 118 valence electrons. The average molecular weight is 301 g/mol. The van der Waals surface area contributed by atoms with E-state index in [9.17, 15) is 0 Å². The molecule has 0 saturated carbocycles. The highest BCUT2D eigenvalue weighted by Crippen LogP contribution is 2.39. The molecule has 20 heavy (non-hydrogen) atoms. The molecule has 4 heteroatoms. The van der Waals surface area contributed by atoms with Gasteiger partial charge in [-0.15, -0.1) is 0 Å². The number of allylic oxidation sites excluding steroid dienone is 1. The lowest BCUT2D eigenvalue weighted by atomic mass is 10.0. The fourth-order valence-electron chi connectivity index (χ4n) is 1.85. The van der Waals surface area contributed by atoms with Gasteiger partial charge >= 0.3 is 0 Å². The Balaban J connectivity index is 2.30. The fraction of sp³-hybridized carbons (Fsp3) is 0.875. The van der Waals surface area contributed by atoms with Crippen LogP contribution in [0.5, 0.6) is 0 Å². The lowest BCUT2D eigenvalue weighted by Crippen LogP contribution is -2.41. The quantitative estimate of drug-likeness (QED) is 0.441. The zero-order chi connectivity index (χ0) is 15.6. The summed E-state index contributed by atoms with van der Waals surface area (Å²) in [5.74, 6) is 0. The van der Waals surface area contributed by atoms with Crippen LogP contribution in [-0.4, -0.2) is 38.3 Å². The van der Waals surface area contributed by atoms with Crippen molar-refractivity contribution in [2.24, 2.45) is 0 Å². The normalized spacial score (nSPS) is 27.8. The SMILES string of the molecule is C/C(=C\CC[C@H]1O[C@]1(C)CO)CO[Si](C)(C)C(C)(C)C. The molecule has 1 rings (SSSR count). The molecule has 1 N–H and O–H groups in total.